The van der Waals surface area contributed by atoms with Gasteiger partial charge in [-0.15, -0.1) is 0 Å². The average molecular weight is 193 g/mol. The van der Waals surface area contributed by atoms with Gasteiger partial charge in [-0.2, -0.15) is 0 Å². The minimum atomic E-state index is 0.701. The number of nitrogens with zero attached hydrogens (tertiary/aromatic N) is 1. The van der Waals surface area contributed by atoms with Gasteiger partial charge in [-0.25, -0.2) is 0 Å². The Morgan fingerprint density at radius 3 is 2.79 bits per heavy atom. The Bertz CT molecular complexity index is 236. The number of aliphatic imine (C=N–C) groups is 1. The molecule has 0 aromatic carbocycles. The van der Waals surface area contributed by atoms with Crippen molar-refractivity contribution in [3.05, 3.63) is 11.3 Å². The Morgan fingerprint density at radius 1 is 1.50 bits per heavy atom. The molecule has 80 valence electrons. The van der Waals surface area contributed by atoms with Crippen molar-refractivity contribution < 1.29 is 0 Å². The van der Waals surface area contributed by atoms with Crippen molar-refractivity contribution in [2.45, 2.75) is 53.4 Å². The minimum absolute atomic E-state index is 0.701. The molecule has 0 heterocycles. The molecule has 0 fully saturated rings. The zero-order chi connectivity index (χ0) is 10.6. The van der Waals surface area contributed by atoms with Crippen molar-refractivity contribution in [1.29, 1.82) is 0 Å². The van der Waals surface area contributed by atoms with E-state index in [9.17, 15) is 0 Å². The molecule has 1 aliphatic rings. The van der Waals surface area contributed by atoms with E-state index in [1.54, 1.807) is 0 Å². The number of rotatable bonds is 3. The van der Waals surface area contributed by atoms with E-state index in [1.165, 1.54) is 30.5 Å². The summed E-state index contributed by atoms with van der Waals surface area (Å²) in [5.41, 5.74) is 2.90. The standard InChI is InChI=1S/C13H23N/c1-5-9-14-13-11(4)7-6-8-12(13)10(2)3/h9-10,12H,5-8H2,1-4H3. The first kappa shape index (κ1) is 11.5. The Kier molecular flexibility index (Phi) is 4.37. The molecule has 0 amide bonds. The highest BCUT2D eigenvalue weighted by molar-refractivity contribution is 5.58. The maximum atomic E-state index is 4.64. The Hall–Kier alpha value is -0.590. The quantitative estimate of drug-likeness (QED) is 0.596. The van der Waals surface area contributed by atoms with Gasteiger partial charge >= 0.3 is 0 Å². The summed E-state index contributed by atoms with van der Waals surface area (Å²) in [6, 6.07) is 0. The van der Waals surface area contributed by atoms with Crippen molar-refractivity contribution in [1.82, 2.24) is 0 Å². The highest BCUT2D eigenvalue weighted by Gasteiger charge is 2.23. The van der Waals surface area contributed by atoms with Gasteiger partial charge in [0.15, 0.2) is 0 Å². The van der Waals surface area contributed by atoms with Crippen LogP contribution in [0.25, 0.3) is 0 Å². The minimum Gasteiger partial charge on any atom is -0.265 e. The molecule has 1 unspecified atom stereocenters. The van der Waals surface area contributed by atoms with E-state index in [0.717, 1.165) is 12.3 Å². The van der Waals surface area contributed by atoms with Gasteiger partial charge in [0.25, 0.3) is 0 Å². The van der Waals surface area contributed by atoms with Crippen molar-refractivity contribution in [2.24, 2.45) is 16.8 Å². The number of hydrogen-bond donors (Lipinski definition) is 0. The molecule has 1 nitrogen and oxygen atoms in total. The van der Waals surface area contributed by atoms with Gasteiger partial charge in [0.2, 0.25) is 0 Å². The zero-order valence-electron chi connectivity index (χ0n) is 10.0. The lowest BCUT2D eigenvalue weighted by molar-refractivity contribution is 0.380. The number of allylic oxidation sites excluding steroid dienone is 2. The van der Waals surface area contributed by atoms with Crippen LogP contribution in [0.5, 0.6) is 0 Å². The number of hydrogen-bond acceptors (Lipinski definition) is 1. The maximum Gasteiger partial charge on any atom is 0.0422 e. The van der Waals surface area contributed by atoms with Gasteiger partial charge in [-0.1, -0.05) is 26.3 Å². The van der Waals surface area contributed by atoms with E-state index in [4.69, 9.17) is 0 Å². The Balaban J connectivity index is 2.85. The van der Waals surface area contributed by atoms with Gasteiger partial charge in [-0.3, -0.25) is 4.99 Å². The first-order chi connectivity index (χ1) is 6.66. The largest absolute Gasteiger partial charge is 0.265 e. The lowest BCUT2D eigenvalue weighted by Crippen LogP contribution is -2.16. The molecule has 0 radical (unpaired) electrons. The predicted octanol–water partition coefficient (Wildman–Crippen LogP) is 4.20. The van der Waals surface area contributed by atoms with Crippen LogP contribution in [-0.2, 0) is 0 Å². The molecule has 0 saturated heterocycles. The van der Waals surface area contributed by atoms with E-state index in [1.807, 2.05) is 0 Å². The zero-order valence-corrected chi connectivity index (χ0v) is 10.0. The summed E-state index contributed by atoms with van der Waals surface area (Å²) < 4.78 is 0. The molecule has 0 N–H and O–H groups in total. The van der Waals surface area contributed by atoms with Crippen molar-refractivity contribution in [2.75, 3.05) is 0 Å². The molecule has 1 atom stereocenters. The normalized spacial score (nSPS) is 23.9. The summed E-state index contributed by atoms with van der Waals surface area (Å²) in [4.78, 5) is 4.64. The van der Waals surface area contributed by atoms with E-state index in [0.29, 0.717) is 5.92 Å². The van der Waals surface area contributed by atoms with Gasteiger partial charge in [0, 0.05) is 17.8 Å². The van der Waals surface area contributed by atoms with E-state index in [-0.39, 0.29) is 0 Å². The molecular weight excluding hydrogens is 170 g/mol. The van der Waals surface area contributed by atoms with Crippen LogP contribution in [-0.4, -0.2) is 6.21 Å². The van der Waals surface area contributed by atoms with Gasteiger partial charge in [0.05, 0.1) is 0 Å². The summed E-state index contributed by atoms with van der Waals surface area (Å²) in [5, 5.41) is 0. The molecule has 1 heteroatoms. The van der Waals surface area contributed by atoms with Crippen molar-refractivity contribution in [3.63, 3.8) is 0 Å². The molecular formula is C13H23N. The second-order valence-corrected chi connectivity index (χ2v) is 4.63. The molecule has 0 aromatic rings. The Labute approximate surface area is 88.3 Å². The highest BCUT2D eigenvalue weighted by atomic mass is 14.8. The maximum absolute atomic E-state index is 4.64. The third-order valence-corrected chi connectivity index (χ3v) is 3.07. The molecule has 1 aliphatic carbocycles. The van der Waals surface area contributed by atoms with Crippen LogP contribution in [0, 0.1) is 11.8 Å². The highest BCUT2D eigenvalue weighted by Crippen LogP contribution is 2.35. The SMILES string of the molecule is CCC=NC1=C(C)CCCC1C(C)C. The van der Waals surface area contributed by atoms with Gasteiger partial charge in [-0.05, 0) is 38.5 Å². The van der Waals surface area contributed by atoms with Crippen LogP contribution < -0.4 is 0 Å². The average Bonchev–Trinajstić information content (AvgIpc) is 2.15. The molecule has 14 heavy (non-hydrogen) atoms. The smallest absolute Gasteiger partial charge is 0.0422 e. The van der Waals surface area contributed by atoms with Crippen LogP contribution in [0.3, 0.4) is 0 Å². The summed E-state index contributed by atoms with van der Waals surface area (Å²) in [6.07, 6.45) is 7.02. The summed E-state index contributed by atoms with van der Waals surface area (Å²) in [6.45, 7) is 9.01. The molecule has 0 saturated carbocycles. The lowest BCUT2D eigenvalue weighted by atomic mass is 9.81. The van der Waals surface area contributed by atoms with E-state index in [2.05, 4.69) is 38.9 Å². The first-order valence-corrected chi connectivity index (χ1v) is 5.89. The van der Waals surface area contributed by atoms with Gasteiger partial charge < -0.3 is 0 Å². The molecule has 0 aromatic heterocycles. The van der Waals surface area contributed by atoms with Crippen LogP contribution in [0.1, 0.15) is 53.4 Å². The molecule has 0 spiro atoms. The predicted molar refractivity (Wildman–Crippen MR) is 63.7 cm³/mol. The molecule has 1 rings (SSSR count). The molecule has 0 aliphatic heterocycles. The fraction of sp³-hybridized carbons (Fsp3) is 0.769. The third-order valence-electron chi connectivity index (χ3n) is 3.07. The van der Waals surface area contributed by atoms with Crippen LogP contribution >= 0.6 is 0 Å². The van der Waals surface area contributed by atoms with Crippen LogP contribution in [0.2, 0.25) is 0 Å². The van der Waals surface area contributed by atoms with Gasteiger partial charge in [0.1, 0.15) is 0 Å². The van der Waals surface area contributed by atoms with Crippen molar-refractivity contribution >= 4 is 6.21 Å². The molecule has 0 bridgehead atoms. The topological polar surface area (TPSA) is 12.4 Å². The fourth-order valence-electron chi connectivity index (χ4n) is 2.21. The third kappa shape index (κ3) is 2.70. The lowest BCUT2D eigenvalue weighted by Gasteiger charge is -2.27. The monoisotopic (exact) mass is 193 g/mol. The second kappa shape index (κ2) is 5.33. The summed E-state index contributed by atoms with van der Waals surface area (Å²) in [7, 11) is 0. The Morgan fingerprint density at radius 2 is 2.21 bits per heavy atom. The summed E-state index contributed by atoms with van der Waals surface area (Å²) in [5.74, 6) is 1.43. The van der Waals surface area contributed by atoms with Crippen LogP contribution in [0.4, 0.5) is 0 Å². The fourth-order valence-corrected chi connectivity index (χ4v) is 2.21. The van der Waals surface area contributed by atoms with Crippen LogP contribution in [0.15, 0.2) is 16.3 Å². The van der Waals surface area contributed by atoms with E-state index >= 15 is 0 Å². The van der Waals surface area contributed by atoms with Crippen molar-refractivity contribution in [3.8, 4) is 0 Å². The second-order valence-electron chi connectivity index (χ2n) is 4.63. The van der Waals surface area contributed by atoms with E-state index < -0.39 is 0 Å². The first-order valence-electron chi connectivity index (χ1n) is 5.89. The summed E-state index contributed by atoms with van der Waals surface area (Å²) >= 11 is 0.